The summed E-state index contributed by atoms with van der Waals surface area (Å²) >= 11 is 0. The number of rotatable bonds is 3. The van der Waals surface area contributed by atoms with Crippen molar-refractivity contribution in [3.05, 3.63) is 54.1 Å². The maximum atomic E-state index is 11.6. The molecule has 0 atom stereocenters. The van der Waals surface area contributed by atoms with Gasteiger partial charge in [-0.1, -0.05) is 42.0 Å². The monoisotopic (exact) mass is 349 g/mol. The summed E-state index contributed by atoms with van der Waals surface area (Å²) in [5, 5.41) is 2.92. The molecule has 4 heteroatoms. The summed E-state index contributed by atoms with van der Waals surface area (Å²) in [6.07, 6.45) is 2.25. The third-order valence-electron chi connectivity index (χ3n) is 5.64. The van der Waals surface area contributed by atoms with Crippen molar-refractivity contribution in [2.24, 2.45) is 0 Å². The number of benzene rings is 2. The molecule has 0 unspecified atom stereocenters. The maximum Gasteiger partial charge on any atom is 0.234 e. The molecule has 2 heterocycles. The van der Waals surface area contributed by atoms with E-state index in [-0.39, 0.29) is 5.91 Å². The minimum Gasteiger partial charge on any atom is -0.371 e. The zero-order valence-electron chi connectivity index (χ0n) is 15.4. The summed E-state index contributed by atoms with van der Waals surface area (Å²) in [5.41, 5.74) is 5.14. The first kappa shape index (κ1) is 17.1. The molecule has 4 rings (SSSR count). The lowest BCUT2D eigenvalue weighted by Crippen LogP contribution is -2.54. The predicted molar refractivity (Wildman–Crippen MR) is 106 cm³/mol. The van der Waals surface area contributed by atoms with Crippen molar-refractivity contribution in [1.29, 1.82) is 0 Å². The fraction of sp³-hybridized carbons (Fsp3) is 0.409. The van der Waals surface area contributed by atoms with Crippen LogP contribution in [0.3, 0.4) is 0 Å². The average molecular weight is 349 g/mol. The molecule has 2 aromatic carbocycles. The second kappa shape index (κ2) is 7.50. The first-order valence-electron chi connectivity index (χ1n) is 9.62. The fourth-order valence-electron chi connectivity index (χ4n) is 4.09. The van der Waals surface area contributed by atoms with E-state index in [0.29, 0.717) is 12.6 Å². The Hall–Kier alpha value is -2.33. The number of aryl methyl sites for hydroxylation is 1. The normalized spacial score (nSPS) is 19.4. The lowest BCUT2D eigenvalue weighted by atomic mass is 10.00. The first-order valence-corrected chi connectivity index (χ1v) is 9.62. The summed E-state index contributed by atoms with van der Waals surface area (Å²) < 4.78 is 0. The van der Waals surface area contributed by atoms with Crippen LogP contribution in [0.4, 0.5) is 5.69 Å². The molecule has 0 aliphatic carbocycles. The van der Waals surface area contributed by atoms with Crippen LogP contribution in [0.15, 0.2) is 48.5 Å². The Morgan fingerprint density at radius 2 is 1.73 bits per heavy atom. The van der Waals surface area contributed by atoms with E-state index in [1.165, 1.54) is 22.4 Å². The second-order valence-electron chi connectivity index (χ2n) is 7.46. The number of nitrogens with zero attached hydrogens (tertiary/aromatic N) is 2. The van der Waals surface area contributed by atoms with E-state index < -0.39 is 0 Å². The molecular weight excluding hydrogens is 322 g/mol. The Kier molecular flexibility index (Phi) is 4.93. The van der Waals surface area contributed by atoms with Crippen LogP contribution in [0.2, 0.25) is 0 Å². The Morgan fingerprint density at radius 1 is 0.962 bits per heavy atom. The molecule has 2 aliphatic rings. The number of nitrogens with one attached hydrogen (secondary N) is 1. The topological polar surface area (TPSA) is 35.6 Å². The van der Waals surface area contributed by atoms with Crippen LogP contribution < -0.4 is 10.2 Å². The minimum absolute atomic E-state index is 0.171. The molecule has 2 aliphatic heterocycles. The van der Waals surface area contributed by atoms with Crippen LogP contribution in [0.25, 0.3) is 11.1 Å². The molecule has 2 aromatic rings. The number of anilines is 1. The Bertz CT molecular complexity index is 763. The molecule has 136 valence electrons. The van der Waals surface area contributed by atoms with Gasteiger partial charge in [0, 0.05) is 37.9 Å². The van der Waals surface area contributed by atoms with Gasteiger partial charge in [0.1, 0.15) is 0 Å². The lowest BCUT2D eigenvalue weighted by molar-refractivity contribution is -0.125. The number of piperazine rings is 1. The van der Waals surface area contributed by atoms with Gasteiger partial charge in [0.2, 0.25) is 5.91 Å². The van der Waals surface area contributed by atoms with Crippen molar-refractivity contribution in [3.63, 3.8) is 0 Å². The number of amides is 1. The predicted octanol–water partition coefficient (Wildman–Crippen LogP) is 3.06. The summed E-state index contributed by atoms with van der Waals surface area (Å²) in [6, 6.07) is 18.1. The molecule has 0 aromatic heterocycles. The van der Waals surface area contributed by atoms with Crippen molar-refractivity contribution in [2.45, 2.75) is 25.8 Å². The van der Waals surface area contributed by atoms with E-state index in [1.54, 1.807) is 0 Å². The lowest BCUT2D eigenvalue weighted by Gasteiger charge is -2.40. The molecule has 26 heavy (non-hydrogen) atoms. The third kappa shape index (κ3) is 3.75. The van der Waals surface area contributed by atoms with E-state index in [1.807, 2.05) is 0 Å². The molecule has 0 spiro atoms. The molecule has 1 N–H and O–H groups in total. The van der Waals surface area contributed by atoms with E-state index in [9.17, 15) is 4.79 Å². The molecule has 0 saturated carbocycles. The highest BCUT2D eigenvalue weighted by Gasteiger charge is 2.27. The number of carbonyl (C=O) groups is 1. The van der Waals surface area contributed by atoms with Crippen LogP contribution >= 0.6 is 0 Å². The van der Waals surface area contributed by atoms with Gasteiger partial charge < -0.3 is 10.2 Å². The fourth-order valence-corrected chi connectivity index (χ4v) is 4.09. The summed E-state index contributed by atoms with van der Waals surface area (Å²) in [6.45, 7) is 6.57. The SMILES string of the molecule is Cc1ccc(-c2cccc(N3CCC(N4CCNC(=O)C4)CC3)c2)cc1. The molecule has 4 nitrogen and oxygen atoms in total. The number of hydrogen-bond donors (Lipinski definition) is 1. The second-order valence-corrected chi connectivity index (χ2v) is 7.46. The van der Waals surface area contributed by atoms with Gasteiger partial charge in [-0.2, -0.15) is 0 Å². The quantitative estimate of drug-likeness (QED) is 0.925. The van der Waals surface area contributed by atoms with Crippen molar-refractivity contribution >= 4 is 11.6 Å². The number of piperidine rings is 1. The minimum atomic E-state index is 0.171. The summed E-state index contributed by atoms with van der Waals surface area (Å²) in [5.74, 6) is 0.171. The van der Waals surface area contributed by atoms with Gasteiger partial charge in [-0.15, -0.1) is 0 Å². The molecule has 0 radical (unpaired) electrons. The van der Waals surface area contributed by atoms with Crippen LogP contribution in [0.1, 0.15) is 18.4 Å². The highest BCUT2D eigenvalue weighted by molar-refractivity contribution is 5.78. The van der Waals surface area contributed by atoms with Crippen LogP contribution in [0.5, 0.6) is 0 Å². The van der Waals surface area contributed by atoms with Gasteiger partial charge >= 0.3 is 0 Å². The number of hydrogen-bond acceptors (Lipinski definition) is 3. The van der Waals surface area contributed by atoms with Crippen molar-refractivity contribution in [2.75, 3.05) is 37.6 Å². The van der Waals surface area contributed by atoms with Crippen molar-refractivity contribution < 1.29 is 4.79 Å². The zero-order valence-corrected chi connectivity index (χ0v) is 15.4. The summed E-state index contributed by atoms with van der Waals surface area (Å²) in [4.78, 5) is 16.5. The molecular formula is C22H27N3O. The molecule has 2 saturated heterocycles. The van der Waals surface area contributed by atoms with E-state index in [2.05, 4.69) is 70.6 Å². The highest BCUT2D eigenvalue weighted by atomic mass is 16.2. The standard InChI is InChI=1S/C22H27N3O/c1-17-5-7-18(8-6-17)19-3-2-4-21(15-19)24-12-9-20(10-13-24)25-14-11-23-22(26)16-25/h2-8,15,20H,9-14,16H2,1H3,(H,23,26). The van der Waals surface area contributed by atoms with Gasteiger partial charge in [-0.05, 0) is 43.0 Å². The number of carbonyl (C=O) groups excluding carboxylic acids is 1. The molecule has 1 amide bonds. The van der Waals surface area contributed by atoms with E-state index >= 15 is 0 Å². The first-order chi connectivity index (χ1) is 12.7. The average Bonchev–Trinajstić information content (AvgIpc) is 2.69. The zero-order chi connectivity index (χ0) is 17.9. The van der Waals surface area contributed by atoms with Gasteiger partial charge in [-0.25, -0.2) is 0 Å². The Labute approximate surface area is 155 Å². The molecule has 0 bridgehead atoms. The van der Waals surface area contributed by atoms with Gasteiger partial charge in [-0.3, -0.25) is 9.69 Å². The van der Waals surface area contributed by atoms with Crippen LogP contribution in [-0.4, -0.2) is 49.6 Å². The summed E-state index contributed by atoms with van der Waals surface area (Å²) in [7, 11) is 0. The molecule has 2 fully saturated rings. The van der Waals surface area contributed by atoms with Gasteiger partial charge in [0.05, 0.1) is 6.54 Å². The Morgan fingerprint density at radius 3 is 2.46 bits per heavy atom. The smallest absolute Gasteiger partial charge is 0.234 e. The van der Waals surface area contributed by atoms with Crippen molar-refractivity contribution in [3.8, 4) is 11.1 Å². The third-order valence-corrected chi connectivity index (χ3v) is 5.64. The van der Waals surface area contributed by atoms with Gasteiger partial charge in [0.15, 0.2) is 0 Å². The van der Waals surface area contributed by atoms with Gasteiger partial charge in [0.25, 0.3) is 0 Å². The van der Waals surface area contributed by atoms with Crippen LogP contribution in [-0.2, 0) is 4.79 Å². The largest absolute Gasteiger partial charge is 0.371 e. The highest BCUT2D eigenvalue weighted by Crippen LogP contribution is 2.28. The van der Waals surface area contributed by atoms with Crippen molar-refractivity contribution in [1.82, 2.24) is 10.2 Å². The maximum absolute atomic E-state index is 11.6. The van der Waals surface area contributed by atoms with E-state index in [4.69, 9.17) is 0 Å². The van der Waals surface area contributed by atoms with Crippen LogP contribution in [0, 0.1) is 6.92 Å². The Balaban J connectivity index is 1.42. The van der Waals surface area contributed by atoms with E-state index in [0.717, 1.165) is 39.0 Å².